The van der Waals surface area contributed by atoms with Crippen LogP contribution < -0.4 is 10.5 Å². The second-order valence-electron chi connectivity index (χ2n) is 6.56. The topological polar surface area (TPSA) is 99.0 Å². The van der Waals surface area contributed by atoms with Gasteiger partial charge in [0.05, 0.1) is 29.5 Å². The quantitative estimate of drug-likeness (QED) is 0.755. The Kier molecular flexibility index (Phi) is 4.55. The Balaban J connectivity index is 1.97. The van der Waals surface area contributed by atoms with Gasteiger partial charge in [-0.05, 0) is 30.7 Å². The number of benzene rings is 1. The third-order valence-electron chi connectivity index (χ3n) is 4.70. The van der Waals surface area contributed by atoms with Gasteiger partial charge in [-0.3, -0.25) is 4.98 Å². The van der Waals surface area contributed by atoms with Gasteiger partial charge in [-0.25, -0.2) is 4.68 Å². The van der Waals surface area contributed by atoms with Gasteiger partial charge in [-0.1, -0.05) is 23.8 Å². The van der Waals surface area contributed by atoms with Crippen molar-refractivity contribution in [2.75, 3.05) is 7.11 Å². The number of hydrogen-bond acceptors (Lipinski definition) is 6. The second-order valence-corrected chi connectivity index (χ2v) is 6.56. The maximum absolute atomic E-state index is 9.75. The first kappa shape index (κ1) is 17.8. The zero-order valence-corrected chi connectivity index (χ0v) is 15.6. The summed E-state index contributed by atoms with van der Waals surface area (Å²) < 4.78 is 13.0. The van der Waals surface area contributed by atoms with E-state index < -0.39 is 5.92 Å². The van der Waals surface area contributed by atoms with Crippen molar-refractivity contribution in [1.82, 2.24) is 14.8 Å². The minimum Gasteiger partial charge on any atom is -0.422 e. The van der Waals surface area contributed by atoms with Crippen molar-refractivity contribution in [3.05, 3.63) is 82.6 Å². The molecule has 2 aromatic heterocycles. The molecule has 1 aromatic carbocycles. The summed E-state index contributed by atoms with van der Waals surface area (Å²) in [5.41, 5.74) is 10.7. The molecule has 3 aromatic rings. The Morgan fingerprint density at radius 1 is 1.29 bits per heavy atom. The highest BCUT2D eigenvalue weighted by atomic mass is 16.5. The smallest absolute Gasteiger partial charge is 0.229 e. The van der Waals surface area contributed by atoms with Crippen LogP contribution in [-0.2, 0) is 11.3 Å². The van der Waals surface area contributed by atoms with Crippen LogP contribution in [0.2, 0.25) is 0 Å². The predicted molar refractivity (Wildman–Crippen MR) is 103 cm³/mol. The summed E-state index contributed by atoms with van der Waals surface area (Å²) in [5.74, 6) is 0.133. The number of aromatic nitrogens is 3. The molecule has 0 radical (unpaired) electrons. The molecule has 1 atom stereocenters. The van der Waals surface area contributed by atoms with Crippen LogP contribution in [0.3, 0.4) is 0 Å². The summed E-state index contributed by atoms with van der Waals surface area (Å²) in [5, 5.41) is 14.5. The van der Waals surface area contributed by atoms with Crippen molar-refractivity contribution in [3.63, 3.8) is 0 Å². The molecule has 28 heavy (non-hydrogen) atoms. The van der Waals surface area contributed by atoms with E-state index in [4.69, 9.17) is 20.3 Å². The highest BCUT2D eigenvalue weighted by Gasteiger charge is 2.37. The van der Waals surface area contributed by atoms with E-state index in [0.29, 0.717) is 17.1 Å². The molecule has 0 spiro atoms. The average Bonchev–Trinajstić information content (AvgIpc) is 3.06. The standard InChI is InChI=1S/C21H19N5O2/c1-13-5-7-15(8-6-13)26-21-19(17(25-26)12-27-2)18(14-4-3-9-24-11-14)16(10-22)20(23)28-21/h3-9,11,18H,12,23H2,1-2H3. The average molecular weight is 373 g/mol. The molecule has 1 unspecified atom stereocenters. The second kappa shape index (κ2) is 7.18. The Morgan fingerprint density at radius 2 is 2.07 bits per heavy atom. The molecule has 1 aliphatic rings. The van der Waals surface area contributed by atoms with Crippen LogP contribution >= 0.6 is 0 Å². The summed E-state index contributed by atoms with van der Waals surface area (Å²) >= 11 is 0. The SMILES string of the molecule is COCc1nn(-c2ccc(C)cc2)c2c1C(c1cccnc1)C(C#N)=C(N)O2. The zero-order valence-electron chi connectivity index (χ0n) is 15.6. The van der Waals surface area contributed by atoms with Crippen molar-refractivity contribution in [1.29, 1.82) is 5.26 Å². The number of rotatable bonds is 4. The van der Waals surface area contributed by atoms with Crippen molar-refractivity contribution < 1.29 is 9.47 Å². The van der Waals surface area contributed by atoms with Gasteiger partial charge in [-0.2, -0.15) is 10.4 Å². The molecule has 0 bridgehead atoms. The largest absolute Gasteiger partial charge is 0.422 e. The van der Waals surface area contributed by atoms with Gasteiger partial charge in [0, 0.05) is 19.5 Å². The molecule has 1 aliphatic heterocycles. The molecular formula is C21H19N5O2. The van der Waals surface area contributed by atoms with Crippen LogP contribution in [0.4, 0.5) is 0 Å². The molecule has 0 aliphatic carbocycles. The number of nitrogens with zero attached hydrogens (tertiary/aromatic N) is 4. The van der Waals surface area contributed by atoms with Gasteiger partial charge in [0.2, 0.25) is 11.8 Å². The molecule has 7 heteroatoms. The first-order chi connectivity index (χ1) is 13.6. The molecule has 3 heterocycles. The Hall–Kier alpha value is -3.63. The number of aryl methyl sites for hydroxylation is 1. The van der Waals surface area contributed by atoms with Crippen LogP contribution in [0.15, 0.2) is 60.2 Å². The first-order valence-electron chi connectivity index (χ1n) is 8.79. The monoisotopic (exact) mass is 373 g/mol. The van der Waals surface area contributed by atoms with Crippen molar-refractivity contribution in [2.24, 2.45) is 5.73 Å². The van der Waals surface area contributed by atoms with Gasteiger partial charge in [0.1, 0.15) is 11.6 Å². The van der Waals surface area contributed by atoms with Gasteiger partial charge >= 0.3 is 0 Å². The van der Waals surface area contributed by atoms with Crippen LogP contribution in [0.1, 0.15) is 28.3 Å². The lowest BCUT2D eigenvalue weighted by molar-refractivity contribution is 0.180. The normalized spacial score (nSPS) is 15.7. The highest BCUT2D eigenvalue weighted by Crippen LogP contribution is 2.44. The number of allylic oxidation sites excluding steroid dienone is 1. The lowest BCUT2D eigenvalue weighted by Gasteiger charge is -2.24. The van der Waals surface area contributed by atoms with E-state index in [1.807, 2.05) is 43.3 Å². The summed E-state index contributed by atoms with van der Waals surface area (Å²) in [6.45, 7) is 2.30. The fraction of sp³-hybridized carbons (Fsp3) is 0.190. The van der Waals surface area contributed by atoms with Gasteiger partial charge in [0.25, 0.3) is 0 Å². The zero-order chi connectivity index (χ0) is 19.7. The fourth-order valence-electron chi connectivity index (χ4n) is 3.40. The Morgan fingerprint density at radius 3 is 2.71 bits per heavy atom. The minimum atomic E-state index is -0.424. The molecule has 0 saturated carbocycles. The summed E-state index contributed by atoms with van der Waals surface area (Å²) in [6, 6.07) is 13.9. The van der Waals surface area contributed by atoms with Gasteiger partial charge in [-0.15, -0.1) is 0 Å². The maximum Gasteiger partial charge on any atom is 0.229 e. The molecule has 0 saturated heterocycles. The van der Waals surface area contributed by atoms with E-state index in [2.05, 4.69) is 11.1 Å². The van der Waals surface area contributed by atoms with Crippen LogP contribution in [-0.4, -0.2) is 21.9 Å². The number of methoxy groups -OCH3 is 1. The molecule has 2 N–H and O–H groups in total. The molecule has 7 nitrogen and oxygen atoms in total. The Labute approximate surface area is 162 Å². The van der Waals surface area contributed by atoms with E-state index in [1.165, 1.54) is 0 Å². The number of nitriles is 1. The molecule has 0 amide bonds. The van der Waals surface area contributed by atoms with Crippen molar-refractivity contribution in [2.45, 2.75) is 19.4 Å². The lowest BCUT2D eigenvalue weighted by atomic mass is 9.85. The highest BCUT2D eigenvalue weighted by molar-refractivity contribution is 5.57. The molecule has 0 fully saturated rings. The fourth-order valence-corrected chi connectivity index (χ4v) is 3.40. The van der Waals surface area contributed by atoms with Gasteiger partial charge in [0.15, 0.2) is 0 Å². The number of pyridine rings is 1. The predicted octanol–water partition coefficient (Wildman–Crippen LogP) is 2.94. The molecular weight excluding hydrogens is 354 g/mol. The van der Waals surface area contributed by atoms with Crippen LogP contribution in [0, 0.1) is 18.3 Å². The Bertz CT molecular complexity index is 1080. The minimum absolute atomic E-state index is 0.0704. The van der Waals surface area contributed by atoms with E-state index in [-0.39, 0.29) is 12.5 Å². The number of hydrogen-bond donors (Lipinski definition) is 1. The summed E-state index contributed by atoms with van der Waals surface area (Å²) in [7, 11) is 1.61. The first-order valence-corrected chi connectivity index (χ1v) is 8.79. The van der Waals surface area contributed by atoms with Crippen molar-refractivity contribution in [3.8, 4) is 17.6 Å². The molecule has 140 valence electrons. The number of nitrogens with two attached hydrogens (primary N) is 1. The number of fused-ring (bicyclic) bond motifs is 1. The number of ether oxygens (including phenoxy) is 2. The third-order valence-corrected chi connectivity index (χ3v) is 4.70. The summed E-state index contributed by atoms with van der Waals surface area (Å²) in [6.07, 6.45) is 3.42. The summed E-state index contributed by atoms with van der Waals surface area (Å²) in [4.78, 5) is 4.20. The van der Waals surface area contributed by atoms with Crippen molar-refractivity contribution >= 4 is 0 Å². The maximum atomic E-state index is 9.75. The van der Waals surface area contributed by atoms with Crippen LogP contribution in [0.25, 0.3) is 5.69 Å². The van der Waals surface area contributed by atoms with Crippen LogP contribution in [0.5, 0.6) is 5.88 Å². The van der Waals surface area contributed by atoms with Gasteiger partial charge < -0.3 is 15.2 Å². The van der Waals surface area contributed by atoms with E-state index in [0.717, 1.165) is 22.4 Å². The van der Waals surface area contributed by atoms with E-state index in [1.54, 1.807) is 24.2 Å². The van der Waals surface area contributed by atoms with E-state index >= 15 is 0 Å². The third kappa shape index (κ3) is 2.90. The molecule has 4 rings (SSSR count). The van der Waals surface area contributed by atoms with E-state index in [9.17, 15) is 5.26 Å². The lowest BCUT2D eigenvalue weighted by Crippen LogP contribution is -2.22.